The Hall–Kier alpha value is -0.220. The maximum Gasteiger partial charge on any atom is 0.319 e. The topological polar surface area (TPSA) is 29.5 Å². The van der Waals surface area contributed by atoms with Crippen molar-refractivity contribution in [2.45, 2.75) is 0 Å². The summed E-state index contributed by atoms with van der Waals surface area (Å²) in [5.41, 5.74) is 0. The van der Waals surface area contributed by atoms with Crippen molar-refractivity contribution in [2.75, 3.05) is 39.3 Å². The Morgan fingerprint density at radius 2 is 2.27 bits per heavy atom. The minimum Gasteiger partial charge on any atom is -0.468 e. The van der Waals surface area contributed by atoms with Crippen molar-refractivity contribution in [3.8, 4) is 0 Å². The smallest absolute Gasteiger partial charge is 0.319 e. The Bertz CT molecular complexity index is 119. The number of carbonyl (C=O) groups is 1. The van der Waals surface area contributed by atoms with Gasteiger partial charge in [-0.25, -0.2) is 0 Å². The van der Waals surface area contributed by atoms with Gasteiger partial charge in [0.05, 0.1) is 13.7 Å². The number of thioether (sulfide) groups is 1. The Kier molecular flexibility index (Phi) is 6.36. The molecular formula is C7H15NO2S. The zero-order valence-corrected chi connectivity index (χ0v) is 8.11. The molecule has 0 aliphatic rings. The summed E-state index contributed by atoms with van der Waals surface area (Å²) in [4.78, 5) is 12.7. The highest BCUT2D eigenvalue weighted by atomic mass is 32.2. The molecule has 0 rings (SSSR count). The first-order valence-electron chi connectivity index (χ1n) is 3.45. The van der Waals surface area contributed by atoms with E-state index in [4.69, 9.17) is 0 Å². The van der Waals surface area contributed by atoms with Crippen LogP contribution in [0.3, 0.4) is 0 Å². The molecule has 0 fully saturated rings. The second-order valence-corrected chi connectivity index (χ2v) is 3.29. The van der Waals surface area contributed by atoms with Crippen LogP contribution in [-0.4, -0.2) is 50.1 Å². The molecule has 4 heteroatoms. The van der Waals surface area contributed by atoms with Crippen molar-refractivity contribution in [2.24, 2.45) is 0 Å². The highest BCUT2D eigenvalue weighted by Crippen LogP contribution is 1.92. The average Bonchev–Trinajstić information content (AvgIpc) is 2.00. The van der Waals surface area contributed by atoms with Crippen LogP contribution in [0, 0.1) is 0 Å². The molecule has 0 bridgehead atoms. The molecule has 0 atom stereocenters. The van der Waals surface area contributed by atoms with Crippen LogP contribution >= 0.6 is 11.8 Å². The predicted octanol–water partition coefficient (Wildman–Crippen LogP) is 0.454. The van der Waals surface area contributed by atoms with Gasteiger partial charge in [0.2, 0.25) is 0 Å². The van der Waals surface area contributed by atoms with Crippen molar-refractivity contribution >= 4 is 17.7 Å². The number of hydrogen-bond donors (Lipinski definition) is 0. The summed E-state index contributed by atoms with van der Waals surface area (Å²) in [5.74, 6) is 0.877. The lowest BCUT2D eigenvalue weighted by Crippen LogP contribution is -2.28. The molecule has 0 heterocycles. The van der Waals surface area contributed by atoms with Crippen molar-refractivity contribution in [1.82, 2.24) is 4.90 Å². The zero-order chi connectivity index (χ0) is 8.69. The van der Waals surface area contributed by atoms with Crippen molar-refractivity contribution in [3.05, 3.63) is 0 Å². The van der Waals surface area contributed by atoms with Crippen LogP contribution in [0.2, 0.25) is 0 Å². The first-order valence-corrected chi connectivity index (χ1v) is 4.84. The fourth-order valence-electron chi connectivity index (χ4n) is 0.611. The summed E-state index contributed by atoms with van der Waals surface area (Å²) in [6.07, 6.45) is 2.05. The van der Waals surface area contributed by atoms with Crippen molar-refractivity contribution in [3.63, 3.8) is 0 Å². The van der Waals surface area contributed by atoms with Crippen LogP contribution in [0.1, 0.15) is 0 Å². The van der Waals surface area contributed by atoms with E-state index >= 15 is 0 Å². The number of hydrogen-bond acceptors (Lipinski definition) is 4. The number of likely N-dealkylation sites (N-methyl/N-ethyl adjacent to an activating group) is 1. The number of ether oxygens (including phenoxy) is 1. The molecule has 0 saturated carbocycles. The molecule has 3 nitrogen and oxygen atoms in total. The van der Waals surface area contributed by atoms with Crippen LogP contribution in [0.25, 0.3) is 0 Å². The minimum absolute atomic E-state index is 0.173. The van der Waals surface area contributed by atoms with Crippen LogP contribution < -0.4 is 0 Å². The molecule has 0 aliphatic carbocycles. The maximum atomic E-state index is 10.7. The average molecular weight is 177 g/mol. The number of nitrogens with zero attached hydrogens (tertiary/aromatic N) is 1. The highest BCUT2D eigenvalue weighted by molar-refractivity contribution is 7.98. The van der Waals surface area contributed by atoms with Gasteiger partial charge in [-0.1, -0.05) is 0 Å². The van der Waals surface area contributed by atoms with Gasteiger partial charge in [-0.3, -0.25) is 9.69 Å². The van der Waals surface area contributed by atoms with Gasteiger partial charge in [-0.15, -0.1) is 0 Å². The van der Waals surface area contributed by atoms with Gasteiger partial charge in [-0.2, -0.15) is 11.8 Å². The quantitative estimate of drug-likeness (QED) is 0.570. The molecule has 0 aromatic heterocycles. The van der Waals surface area contributed by atoms with Crippen LogP contribution in [0.5, 0.6) is 0 Å². The summed E-state index contributed by atoms with van der Waals surface area (Å²) >= 11 is 1.77. The summed E-state index contributed by atoms with van der Waals surface area (Å²) in [6, 6.07) is 0. The van der Waals surface area contributed by atoms with Gasteiger partial charge >= 0.3 is 5.97 Å². The third kappa shape index (κ3) is 6.19. The monoisotopic (exact) mass is 177 g/mol. The predicted molar refractivity (Wildman–Crippen MR) is 47.9 cm³/mol. The molecule has 66 valence electrons. The van der Waals surface area contributed by atoms with Crippen LogP contribution in [0.15, 0.2) is 0 Å². The second-order valence-electron chi connectivity index (χ2n) is 2.31. The number of carbonyl (C=O) groups excluding carboxylic acids is 1. The molecule has 0 aromatic carbocycles. The third-order valence-electron chi connectivity index (χ3n) is 1.30. The Morgan fingerprint density at radius 3 is 2.73 bits per heavy atom. The molecule has 0 unspecified atom stereocenters. The largest absolute Gasteiger partial charge is 0.468 e. The Labute approximate surface area is 72.1 Å². The summed E-state index contributed by atoms with van der Waals surface area (Å²) in [6.45, 7) is 1.31. The standard InChI is InChI=1S/C7H15NO2S/c1-8(4-5-11-3)6-7(9)10-2/h4-6H2,1-3H3. The van der Waals surface area contributed by atoms with E-state index in [1.807, 2.05) is 18.2 Å². The van der Waals surface area contributed by atoms with E-state index in [2.05, 4.69) is 4.74 Å². The van der Waals surface area contributed by atoms with E-state index in [1.54, 1.807) is 11.8 Å². The summed E-state index contributed by atoms with van der Waals surface area (Å²) < 4.78 is 4.51. The van der Waals surface area contributed by atoms with Gasteiger partial charge in [0.15, 0.2) is 0 Å². The zero-order valence-electron chi connectivity index (χ0n) is 7.29. The van der Waals surface area contributed by atoms with Gasteiger partial charge in [0.25, 0.3) is 0 Å². The van der Waals surface area contributed by atoms with Gasteiger partial charge in [0, 0.05) is 12.3 Å². The van der Waals surface area contributed by atoms with E-state index in [-0.39, 0.29) is 5.97 Å². The Balaban J connectivity index is 3.35. The maximum absolute atomic E-state index is 10.7. The van der Waals surface area contributed by atoms with E-state index in [0.717, 1.165) is 12.3 Å². The number of esters is 1. The lowest BCUT2D eigenvalue weighted by Gasteiger charge is -2.13. The van der Waals surface area contributed by atoms with Gasteiger partial charge in [-0.05, 0) is 13.3 Å². The Morgan fingerprint density at radius 1 is 1.64 bits per heavy atom. The molecule has 0 spiro atoms. The molecule has 0 aliphatic heterocycles. The first kappa shape index (κ1) is 10.8. The van der Waals surface area contributed by atoms with E-state index in [1.165, 1.54) is 7.11 Å². The van der Waals surface area contributed by atoms with E-state index in [0.29, 0.717) is 6.54 Å². The molecule has 0 N–H and O–H groups in total. The lowest BCUT2D eigenvalue weighted by atomic mass is 10.5. The van der Waals surface area contributed by atoms with Gasteiger partial charge < -0.3 is 4.74 Å². The minimum atomic E-state index is -0.173. The van der Waals surface area contributed by atoms with E-state index < -0.39 is 0 Å². The van der Waals surface area contributed by atoms with Crippen LogP contribution in [0.4, 0.5) is 0 Å². The summed E-state index contributed by atoms with van der Waals surface area (Å²) in [5, 5.41) is 0. The third-order valence-corrected chi connectivity index (χ3v) is 1.89. The number of rotatable bonds is 5. The molecule has 0 saturated heterocycles. The lowest BCUT2D eigenvalue weighted by molar-refractivity contribution is -0.141. The molecule has 0 radical (unpaired) electrons. The van der Waals surface area contributed by atoms with Crippen LogP contribution in [-0.2, 0) is 9.53 Å². The second kappa shape index (κ2) is 6.49. The molecule has 0 amide bonds. The number of methoxy groups -OCH3 is 1. The van der Waals surface area contributed by atoms with Crippen molar-refractivity contribution < 1.29 is 9.53 Å². The van der Waals surface area contributed by atoms with Crippen molar-refractivity contribution in [1.29, 1.82) is 0 Å². The fraction of sp³-hybridized carbons (Fsp3) is 0.857. The molecule has 11 heavy (non-hydrogen) atoms. The highest BCUT2D eigenvalue weighted by Gasteiger charge is 2.04. The fourth-order valence-corrected chi connectivity index (χ4v) is 1.11. The molecule has 0 aromatic rings. The summed E-state index contributed by atoms with van der Waals surface area (Å²) in [7, 11) is 3.32. The SMILES string of the molecule is COC(=O)CN(C)CCSC. The van der Waals surface area contributed by atoms with E-state index in [9.17, 15) is 4.79 Å². The van der Waals surface area contributed by atoms with Gasteiger partial charge in [0.1, 0.15) is 0 Å². The normalized spacial score (nSPS) is 10.2. The molecular weight excluding hydrogens is 162 g/mol. The first-order chi connectivity index (χ1) is 5.20.